The standard InChI is InChI=1S/C14H12F3N3O2/c1-22-12-7-6-11(8-18-12)20-13(21)19-10-4-2-9(3-5-10)14(15,16)17/h2-8H,1H3,(H2,19,20,21). The number of anilines is 2. The number of nitrogens with zero attached hydrogens (tertiary/aromatic N) is 1. The Labute approximate surface area is 124 Å². The van der Waals surface area contributed by atoms with Gasteiger partial charge < -0.3 is 15.4 Å². The van der Waals surface area contributed by atoms with Gasteiger partial charge in [0.25, 0.3) is 0 Å². The average molecular weight is 311 g/mol. The van der Waals surface area contributed by atoms with E-state index in [0.29, 0.717) is 11.6 Å². The van der Waals surface area contributed by atoms with Crippen LogP contribution in [0, 0.1) is 0 Å². The van der Waals surface area contributed by atoms with E-state index in [1.165, 1.54) is 25.4 Å². The lowest BCUT2D eigenvalue weighted by Crippen LogP contribution is -2.19. The fourth-order valence-corrected chi connectivity index (χ4v) is 1.61. The summed E-state index contributed by atoms with van der Waals surface area (Å²) in [7, 11) is 1.47. The average Bonchev–Trinajstić information content (AvgIpc) is 2.47. The zero-order valence-corrected chi connectivity index (χ0v) is 11.4. The minimum absolute atomic E-state index is 0.243. The first-order chi connectivity index (χ1) is 10.4. The second-order valence-electron chi connectivity index (χ2n) is 4.24. The second-order valence-corrected chi connectivity index (χ2v) is 4.24. The van der Waals surface area contributed by atoms with Gasteiger partial charge >= 0.3 is 12.2 Å². The molecule has 1 heterocycles. The Balaban J connectivity index is 1.96. The molecule has 0 bridgehead atoms. The number of carbonyl (C=O) groups is 1. The van der Waals surface area contributed by atoms with Gasteiger partial charge in [-0.15, -0.1) is 0 Å². The monoisotopic (exact) mass is 311 g/mol. The molecular weight excluding hydrogens is 299 g/mol. The number of ether oxygens (including phenoxy) is 1. The lowest BCUT2D eigenvalue weighted by molar-refractivity contribution is -0.137. The molecule has 0 saturated carbocycles. The first kappa shape index (κ1) is 15.6. The summed E-state index contributed by atoms with van der Waals surface area (Å²) in [5, 5.41) is 4.92. The molecule has 0 radical (unpaired) electrons. The maximum atomic E-state index is 12.4. The molecule has 0 aliphatic carbocycles. The topological polar surface area (TPSA) is 63.2 Å². The summed E-state index contributed by atoms with van der Waals surface area (Å²) in [5.41, 5.74) is -0.116. The number of halogens is 3. The number of rotatable bonds is 3. The molecule has 2 amide bonds. The normalized spacial score (nSPS) is 10.9. The Hall–Kier alpha value is -2.77. The van der Waals surface area contributed by atoms with Crippen molar-refractivity contribution in [3.8, 4) is 5.88 Å². The molecule has 8 heteroatoms. The van der Waals surface area contributed by atoms with Crippen LogP contribution in [0.3, 0.4) is 0 Å². The van der Waals surface area contributed by atoms with Crippen LogP contribution in [0.2, 0.25) is 0 Å². The van der Waals surface area contributed by atoms with Gasteiger partial charge in [0.2, 0.25) is 5.88 Å². The molecular formula is C14H12F3N3O2. The van der Waals surface area contributed by atoms with Gasteiger partial charge in [-0.05, 0) is 30.3 Å². The Bertz CT molecular complexity index is 640. The second kappa shape index (κ2) is 6.33. The molecule has 0 fully saturated rings. The predicted molar refractivity (Wildman–Crippen MR) is 74.9 cm³/mol. The molecule has 22 heavy (non-hydrogen) atoms. The molecule has 2 N–H and O–H groups in total. The third kappa shape index (κ3) is 4.11. The van der Waals surface area contributed by atoms with Crippen molar-refractivity contribution in [2.24, 2.45) is 0 Å². The smallest absolute Gasteiger partial charge is 0.416 e. The van der Waals surface area contributed by atoms with Crippen LogP contribution >= 0.6 is 0 Å². The van der Waals surface area contributed by atoms with Crippen molar-refractivity contribution in [1.29, 1.82) is 0 Å². The zero-order chi connectivity index (χ0) is 16.2. The molecule has 0 aliphatic rings. The summed E-state index contributed by atoms with van der Waals surface area (Å²) in [5.74, 6) is 0.397. The molecule has 1 aromatic carbocycles. The molecule has 116 valence electrons. The van der Waals surface area contributed by atoms with Gasteiger partial charge in [0, 0.05) is 11.8 Å². The van der Waals surface area contributed by atoms with Gasteiger partial charge in [-0.25, -0.2) is 9.78 Å². The number of hydrogen-bond acceptors (Lipinski definition) is 3. The third-order valence-electron chi connectivity index (χ3n) is 2.67. The van der Waals surface area contributed by atoms with Crippen LogP contribution in [0.5, 0.6) is 5.88 Å². The summed E-state index contributed by atoms with van der Waals surface area (Å²) < 4.78 is 42.1. The van der Waals surface area contributed by atoms with Crippen LogP contribution < -0.4 is 15.4 Å². The molecule has 0 unspecified atom stereocenters. The van der Waals surface area contributed by atoms with E-state index in [4.69, 9.17) is 4.74 Å². The molecule has 0 aliphatic heterocycles. The first-order valence-corrected chi connectivity index (χ1v) is 6.14. The molecule has 0 atom stereocenters. The highest BCUT2D eigenvalue weighted by Gasteiger charge is 2.29. The van der Waals surface area contributed by atoms with Crippen LogP contribution in [0.15, 0.2) is 42.6 Å². The minimum Gasteiger partial charge on any atom is -0.481 e. The highest BCUT2D eigenvalue weighted by atomic mass is 19.4. The Kier molecular flexibility index (Phi) is 4.50. The van der Waals surface area contributed by atoms with Crippen molar-refractivity contribution in [2.45, 2.75) is 6.18 Å². The predicted octanol–water partition coefficient (Wildman–Crippen LogP) is 3.75. The van der Waals surface area contributed by atoms with Crippen LogP contribution in [0.1, 0.15) is 5.56 Å². The maximum Gasteiger partial charge on any atom is 0.416 e. The molecule has 0 saturated heterocycles. The summed E-state index contributed by atoms with van der Waals surface area (Å²) in [6.07, 6.45) is -3.01. The molecule has 2 aromatic rings. The number of urea groups is 1. The number of benzene rings is 1. The van der Waals surface area contributed by atoms with E-state index in [2.05, 4.69) is 15.6 Å². The largest absolute Gasteiger partial charge is 0.481 e. The lowest BCUT2D eigenvalue weighted by Gasteiger charge is -2.10. The van der Waals surface area contributed by atoms with Crippen LogP contribution in [0.25, 0.3) is 0 Å². The van der Waals surface area contributed by atoms with Gasteiger partial charge in [-0.2, -0.15) is 13.2 Å². The van der Waals surface area contributed by atoms with Crippen LogP contribution in [-0.4, -0.2) is 18.1 Å². The molecule has 1 aromatic heterocycles. The first-order valence-electron chi connectivity index (χ1n) is 6.14. The zero-order valence-electron chi connectivity index (χ0n) is 11.4. The summed E-state index contributed by atoms with van der Waals surface area (Å²) in [4.78, 5) is 15.6. The Morgan fingerprint density at radius 2 is 1.64 bits per heavy atom. The molecule has 2 rings (SSSR count). The van der Waals surface area contributed by atoms with Gasteiger partial charge in [-0.3, -0.25) is 0 Å². The van der Waals surface area contributed by atoms with E-state index in [9.17, 15) is 18.0 Å². The number of aromatic nitrogens is 1. The quantitative estimate of drug-likeness (QED) is 0.907. The molecule has 0 spiro atoms. The van der Waals surface area contributed by atoms with Crippen LogP contribution in [-0.2, 0) is 6.18 Å². The fraction of sp³-hybridized carbons (Fsp3) is 0.143. The van der Waals surface area contributed by atoms with Gasteiger partial charge in [-0.1, -0.05) is 0 Å². The maximum absolute atomic E-state index is 12.4. The van der Waals surface area contributed by atoms with Crippen molar-refractivity contribution in [3.63, 3.8) is 0 Å². The summed E-state index contributed by atoms with van der Waals surface area (Å²) in [6, 6.07) is 6.69. The minimum atomic E-state index is -4.41. The van der Waals surface area contributed by atoms with E-state index in [0.717, 1.165) is 12.1 Å². The number of amides is 2. The van der Waals surface area contributed by atoms with Gasteiger partial charge in [0.15, 0.2) is 0 Å². The highest BCUT2D eigenvalue weighted by Crippen LogP contribution is 2.29. The van der Waals surface area contributed by atoms with E-state index in [1.54, 1.807) is 12.1 Å². The van der Waals surface area contributed by atoms with E-state index in [-0.39, 0.29) is 5.69 Å². The SMILES string of the molecule is COc1ccc(NC(=O)Nc2ccc(C(F)(F)F)cc2)cn1. The van der Waals surface area contributed by atoms with Crippen LogP contribution in [0.4, 0.5) is 29.3 Å². The van der Waals surface area contributed by atoms with E-state index >= 15 is 0 Å². The third-order valence-corrected chi connectivity index (χ3v) is 2.67. The van der Waals surface area contributed by atoms with Crippen molar-refractivity contribution in [2.75, 3.05) is 17.7 Å². The van der Waals surface area contributed by atoms with Crippen molar-refractivity contribution >= 4 is 17.4 Å². The number of methoxy groups -OCH3 is 1. The lowest BCUT2D eigenvalue weighted by atomic mass is 10.2. The van der Waals surface area contributed by atoms with Gasteiger partial charge in [0.1, 0.15) is 0 Å². The Morgan fingerprint density at radius 1 is 1.05 bits per heavy atom. The number of hydrogen-bond donors (Lipinski definition) is 2. The highest BCUT2D eigenvalue weighted by molar-refractivity contribution is 5.99. The number of alkyl halides is 3. The summed E-state index contributed by atoms with van der Waals surface area (Å²) >= 11 is 0. The summed E-state index contributed by atoms with van der Waals surface area (Å²) in [6.45, 7) is 0. The number of carbonyl (C=O) groups excluding carboxylic acids is 1. The fourth-order valence-electron chi connectivity index (χ4n) is 1.61. The number of nitrogens with one attached hydrogen (secondary N) is 2. The number of pyridine rings is 1. The van der Waals surface area contributed by atoms with Crippen molar-refractivity contribution < 1.29 is 22.7 Å². The van der Waals surface area contributed by atoms with E-state index in [1.807, 2.05) is 0 Å². The van der Waals surface area contributed by atoms with E-state index < -0.39 is 17.8 Å². The van der Waals surface area contributed by atoms with Crippen molar-refractivity contribution in [1.82, 2.24) is 4.98 Å². The molecule has 5 nitrogen and oxygen atoms in total. The Morgan fingerprint density at radius 3 is 2.14 bits per heavy atom. The van der Waals surface area contributed by atoms with Gasteiger partial charge in [0.05, 0.1) is 24.6 Å². The van der Waals surface area contributed by atoms with Crippen molar-refractivity contribution in [3.05, 3.63) is 48.2 Å².